The number of ether oxygens (including phenoxy) is 1. The highest BCUT2D eigenvalue weighted by Crippen LogP contribution is 2.25. The first kappa shape index (κ1) is 18.4. The molecule has 0 saturated heterocycles. The normalized spacial score (nSPS) is 12.2. The summed E-state index contributed by atoms with van der Waals surface area (Å²) >= 11 is 1.35. The summed E-state index contributed by atoms with van der Waals surface area (Å²) in [6.07, 6.45) is -0.658. The van der Waals surface area contributed by atoms with Crippen LogP contribution in [-0.2, 0) is 7.05 Å². The maximum Gasteiger partial charge on any atom is 0.191 e. The van der Waals surface area contributed by atoms with Crippen LogP contribution < -0.4 is 4.74 Å². The average Bonchev–Trinajstić information content (AvgIpc) is 2.99. The molecule has 5 nitrogen and oxygen atoms in total. The number of aliphatic hydroxyl groups excluding tert-OH is 1. The van der Waals surface area contributed by atoms with Crippen molar-refractivity contribution in [1.29, 1.82) is 0 Å². The van der Waals surface area contributed by atoms with Gasteiger partial charge in [-0.25, -0.2) is 4.39 Å². The van der Waals surface area contributed by atoms with E-state index in [0.29, 0.717) is 22.3 Å². The van der Waals surface area contributed by atoms with Gasteiger partial charge < -0.3 is 14.4 Å². The lowest BCUT2D eigenvalue weighted by atomic mass is 10.2. The summed E-state index contributed by atoms with van der Waals surface area (Å²) in [5.41, 5.74) is 1.50. The molecule has 1 heterocycles. The Balaban J connectivity index is 1.57. The van der Waals surface area contributed by atoms with Crippen molar-refractivity contribution in [1.82, 2.24) is 14.8 Å². The monoisotopic (exact) mass is 373 g/mol. The number of hydrogen-bond donors (Lipinski definition) is 1. The minimum atomic E-state index is -0.658. The number of aromatic nitrogens is 3. The molecular formula is C19H20FN3O2S. The summed E-state index contributed by atoms with van der Waals surface area (Å²) in [5.74, 6) is 1.24. The molecule has 2 aromatic carbocycles. The van der Waals surface area contributed by atoms with Gasteiger partial charge >= 0.3 is 0 Å². The molecule has 7 heteroatoms. The molecule has 1 N–H and O–H groups in total. The molecule has 0 unspecified atom stereocenters. The van der Waals surface area contributed by atoms with Gasteiger partial charge in [0.05, 0.1) is 11.7 Å². The molecule has 1 atom stereocenters. The third kappa shape index (κ3) is 4.42. The number of benzene rings is 2. The van der Waals surface area contributed by atoms with Crippen molar-refractivity contribution in [2.75, 3.05) is 12.4 Å². The Morgan fingerprint density at radius 3 is 2.77 bits per heavy atom. The number of nitrogens with zero attached hydrogens (tertiary/aromatic N) is 3. The smallest absolute Gasteiger partial charge is 0.191 e. The van der Waals surface area contributed by atoms with Gasteiger partial charge in [0.25, 0.3) is 0 Å². The van der Waals surface area contributed by atoms with E-state index in [0.717, 1.165) is 11.3 Å². The van der Waals surface area contributed by atoms with Crippen molar-refractivity contribution in [3.63, 3.8) is 0 Å². The van der Waals surface area contributed by atoms with Crippen LogP contribution in [0.15, 0.2) is 53.7 Å². The molecule has 3 rings (SSSR count). The molecule has 0 aliphatic carbocycles. The van der Waals surface area contributed by atoms with Crippen LogP contribution in [0.2, 0.25) is 0 Å². The van der Waals surface area contributed by atoms with Crippen molar-refractivity contribution < 1.29 is 14.2 Å². The van der Waals surface area contributed by atoms with Crippen LogP contribution >= 0.6 is 11.8 Å². The Morgan fingerprint density at radius 2 is 2.00 bits per heavy atom. The largest absolute Gasteiger partial charge is 0.491 e. The van der Waals surface area contributed by atoms with E-state index in [-0.39, 0.29) is 12.4 Å². The molecule has 136 valence electrons. The lowest BCUT2D eigenvalue weighted by molar-refractivity contribution is 0.126. The second-order valence-electron chi connectivity index (χ2n) is 5.94. The fourth-order valence-electron chi connectivity index (χ4n) is 2.43. The van der Waals surface area contributed by atoms with E-state index in [1.54, 1.807) is 29.8 Å². The highest BCUT2D eigenvalue weighted by molar-refractivity contribution is 7.99. The third-order valence-corrected chi connectivity index (χ3v) is 4.95. The van der Waals surface area contributed by atoms with Crippen molar-refractivity contribution in [2.24, 2.45) is 7.05 Å². The number of aliphatic hydroxyl groups is 1. The van der Waals surface area contributed by atoms with Gasteiger partial charge in [0.15, 0.2) is 11.0 Å². The zero-order valence-corrected chi connectivity index (χ0v) is 15.4. The van der Waals surface area contributed by atoms with E-state index in [1.165, 1.54) is 17.8 Å². The van der Waals surface area contributed by atoms with Crippen LogP contribution in [0.4, 0.5) is 4.39 Å². The second kappa shape index (κ2) is 8.33. The summed E-state index contributed by atoms with van der Waals surface area (Å²) in [6, 6.07) is 14.1. The Labute approximate surface area is 155 Å². The van der Waals surface area contributed by atoms with E-state index >= 15 is 0 Å². The molecular weight excluding hydrogens is 353 g/mol. The molecule has 1 aromatic heterocycles. The van der Waals surface area contributed by atoms with Gasteiger partial charge in [-0.3, -0.25) is 0 Å². The van der Waals surface area contributed by atoms with Crippen molar-refractivity contribution >= 4 is 11.8 Å². The number of aryl methyl sites for hydroxylation is 1. The van der Waals surface area contributed by atoms with E-state index in [9.17, 15) is 9.50 Å². The van der Waals surface area contributed by atoms with Gasteiger partial charge in [0.2, 0.25) is 0 Å². The van der Waals surface area contributed by atoms with Crippen molar-refractivity contribution in [2.45, 2.75) is 18.2 Å². The van der Waals surface area contributed by atoms with Crippen LogP contribution in [0.1, 0.15) is 5.56 Å². The summed E-state index contributed by atoms with van der Waals surface area (Å²) in [5, 5.41) is 18.9. The Morgan fingerprint density at radius 1 is 1.19 bits per heavy atom. The molecule has 0 bridgehead atoms. The number of rotatable bonds is 7. The highest BCUT2D eigenvalue weighted by atomic mass is 32.2. The second-order valence-corrected chi connectivity index (χ2v) is 6.92. The molecule has 0 spiro atoms. The summed E-state index contributed by atoms with van der Waals surface area (Å²) in [4.78, 5) is 0. The Bertz CT molecular complexity index is 885. The van der Waals surface area contributed by atoms with Gasteiger partial charge in [0.1, 0.15) is 18.2 Å². The molecule has 0 amide bonds. The van der Waals surface area contributed by atoms with Crippen molar-refractivity contribution in [3.8, 4) is 17.1 Å². The van der Waals surface area contributed by atoms with E-state index < -0.39 is 6.10 Å². The van der Waals surface area contributed by atoms with Gasteiger partial charge in [-0.05, 0) is 36.8 Å². The maximum absolute atomic E-state index is 13.9. The molecule has 26 heavy (non-hydrogen) atoms. The number of thioether (sulfide) groups is 1. The highest BCUT2D eigenvalue weighted by Gasteiger charge is 2.16. The van der Waals surface area contributed by atoms with E-state index in [2.05, 4.69) is 10.2 Å². The summed E-state index contributed by atoms with van der Waals surface area (Å²) in [7, 11) is 1.78. The predicted molar refractivity (Wildman–Crippen MR) is 99.8 cm³/mol. The zero-order valence-electron chi connectivity index (χ0n) is 14.6. The van der Waals surface area contributed by atoms with Crippen LogP contribution in [0.5, 0.6) is 5.75 Å². The van der Waals surface area contributed by atoms with E-state index in [1.807, 2.05) is 31.2 Å². The minimum absolute atomic E-state index is 0.189. The number of halogens is 1. The standard InChI is InChI=1S/C19H20FN3O2S/c1-13-6-5-7-15(10-13)25-11-14(24)12-26-19-22-21-18(23(19)2)16-8-3-4-9-17(16)20/h3-10,14,24H,11-12H2,1-2H3/t14-/m0/s1. The zero-order chi connectivity index (χ0) is 18.5. The molecule has 3 aromatic rings. The summed E-state index contributed by atoms with van der Waals surface area (Å²) < 4.78 is 21.2. The van der Waals surface area contributed by atoms with Gasteiger partial charge in [-0.2, -0.15) is 0 Å². The first-order valence-electron chi connectivity index (χ1n) is 8.19. The Hall–Kier alpha value is -2.38. The SMILES string of the molecule is Cc1cccc(OC[C@H](O)CSc2nnc(-c3ccccc3F)n2C)c1. The Kier molecular flexibility index (Phi) is 5.90. The van der Waals surface area contributed by atoms with Crippen LogP contribution in [0.3, 0.4) is 0 Å². The molecule has 0 fully saturated rings. The quantitative estimate of drug-likeness (QED) is 0.643. The van der Waals surface area contributed by atoms with Gasteiger partial charge in [-0.1, -0.05) is 36.0 Å². The van der Waals surface area contributed by atoms with Gasteiger partial charge in [-0.15, -0.1) is 10.2 Å². The molecule has 0 saturated carbocycles. The van der Waals surface area contributed by atoms with Crippen LogP contribution in [0.25, 0.3) is 11.4 Å². The lowest BCUT2D eigenvalue weighted by Crippen LogP contribution is -2.20. The topological polar surface area (TPSA) is 60.2 Å². The molecule has 0 radical (unpaired) electrons. The number of hydrogen-bond acceptors (Lipinski definition) is 5. The molecule has 0 aliphatic heterocycles. The third-order valence-electron chi connectivity index (χ3n) is 3.79. The fourth-order valence-corrected chi connectivity index (χ4v) is 3.25. The summed E-state index contributed by atoms with van der Waals surface area (Å²) in [6.45, 7) is 2.18. The van der Waals surface area contributed by atoms with E-state index in [4.69, 9.17) is 4.74 Å². The maximum atomic E-state index is 13.9. The molecule has 0 aliphatic rings. The fraction of sp³-hybridized carbons (Fsp3) is 0.263. The first-order valence-corrected chi connectivity index (χ1v) is 9.18. The first-order chi connectivity index (χ1) is 12.5. The van der Waals surface area contributed by atoms with Crippen molar-refractivity contribution in [3.05, 3.63) is 59.9 Å². The van der Waals surface area contributed by atoms with Crippen LogP contribution in [-0.4, -0.2) is 38.3 Å². The lowest BCUT2D eigenvalue weighted by Gasteiger charge is -2.12. The van der Waals surface area contributed by atoms with Crippen LogP contribution in [0, 0.1) is 12.7 Å². The average molecular weight is 373 g/mol. The predicted octanol–water partition coefficient (Wildman–Crippen LogP) is 3.46. The van der Waals surface area contributed by atoms with Gasteiger partial charge in [0, 0.05) is 12.8 Å². The minimum Gasteiger partial charge on any atom is -0.491 e.